The Morgan fingerprint density at radius 1 is 1.35 bits per heavy atom. The second-order valence-corrected chi connectivity index (χ2v) is 4.88. The SMILES string of the molecule is COc1cccc(/C(=C/C(=O)O)C(C)(C)C)c1. The fourth-order valence-corrected chi connectivity index (χ4v) is 1.65. The van der Waals surface area contributed by atoms with Crippen molar-refractivity contribution in [3.8, 4) is 5.75 Å². The van der Waals surface area contributed by atoms with Gasteiger partial charge in [-0.15, -0.1) is 0 Å². The molecular formula is C14H18O3. The second kappa shape index (κ2) is 5.04. The lowest BCUT2D eigenvalue weighted by molar-refractivity contribution is -0.131. The van der Waals surface area contributed by atoms with Gasteiger partial charge in [0.1, 0.15) is 5.75 Å². The molecule has 17 heavy (non-hydrogen) atoms. The second-order valence-electron chi connectivity index (χ2n) is 4.88. The number of allylic oxidation sites excluding steroid dienone is 1. The largest absolute Gasteiger partial charge is 0.497 e. The highest BCUT2D eigenvalue weighted by molar-refractivity contribution is 5.91. The van der Waals surface area contributed by atoms with E-state index in [2.05, 4.69) is 0 Å². The van der Waals surface area contributed by atoms with Crippen molar-refractivity contribution in [3.05, 3.63) is 35.9 Å². The molecule has 0 radical (unpaired) electrons. The van der Waals surface area contributed by atoms with Crippen LogP contribution >= 0.6 is 0 Å². The van der Waals surface area contributed by atoms with Crippen LogP contribution < -0.4 is 4.74 Å². The van der Waals surface area contributed by atoms with E-state index >= 15 is 0 Å². The van der Waals surface area contributed by atoms with E-state index in [0.29, 0.717) is 0 Å². The Balaban J connectivity index is 3.27. The lowest BCUT2D eigenvalue weighted by Gasteiger charge is -2.23. The first kappa shape index (κ1) is 13.3. The van der Waals surface area contributed by atoms with Crippen molar-refractivity contribution >= 4 is 11.5 Å². The maximum absolute atomic E-state index is 10.9. The molecule has 3 heteroatoms. The van der Waals surface area contributed by atoms with E-state index in [0.717, 1.165) is 16.9 Å². The van der Waals surface area contributed by atoms with Crippen molar-refractivity contribution < 1.29 is 14.6 Å². The van der Waals surface area contributed by atoms with E-state index < -0.39 is 5.97 Å². The molecular weight excluding hydrogens is 216 g/mol. The van der Waals surface area contributed by atoms with Gasteiger partial charge in [0.05, 0.1) is 7.11 Å². The van der Waals surface area contributed by atoms with Gasteiger partial charge in [-0.1, -0.05) is 32.9 Å². The average molecular weight is 234 g/mol. The average Bonchev–Trinajstić information content (AvgIpc) is 2.24. The molecule has 1 N–H and O–H groups in total. The third-order valence-electron chi connectivity index (χ3n) is 2.46. The number of hydrogen-bond acceptors (Lipinski definition) is 2. The summed E-state index contributed by atoms with van der Waals surface area (Å²) in [5.41, 5.74) is 1.42. The summed E-state index contributed by atoms with van der Waals surface area (Å²) in [5.74, 6) is -0.208. The summed E-state index contributed by atoms with van der Waals surface area (Å²) >= 11 is 0. The molecule has 0 saturated heterocycles. The number of benzene rings is 1. The van der Waals surface area contributed by atoms with Crippen molar-refractivity contribution in [2.75, 3.05) is 7.11 Å². The van der Waals surface area contributed by atoms with Crippen LogP contribution in [0.15, 0.2) is 30.3 Å². The number of ether oxygens (including phenoxy) is 1. The molecule has 0 bridgehead atoms. The summed E-state index contributed by atoms with van der Waals surface area (Å²) in [6.07, 6.45) is 1.26. The zero-order valence-corrected chi connectivity index (χ0v) is 10.7. The summed E-state index contributed by atoms with van der Waals surface area (Å²) in [6, 6.07) is 7.43. The molecule has 0 aliphatic rings. The van der Waals surface area contributed by atoms with Crippen molar-refractivity contribution in [2.24, 2.45) is 5.41 Å². The van der Waals surface area contributed by atoms with Gasteiger partial charge in [-0.2, -0.15) is 0 Å². The van der Waals surface area contributed by atoms with Gasteiger partial charge >= 0.3 is 5.97 Å². The van der Waals surface area contributed by atoms with E-state index in [1.807, 2.05) is 45.0 Å². The summed E-state index contributed by atoms with van der Waals surface area (Å²) in [6.45, 7) is 5.96. The smallest absolute Gasteiger partial charge is 0.328 e. The van der Waals surface area contributed by atoms with Crippen LogP contribution in [-0.2, 0) is 4.79 Å². The molecule has 0 saturated carbocycles. The number of carboxylic acids is 1. The molecule has 1 aromatic rings. The highest BCUT2D eigenvalue weighted by atomic mass is 16.5. The molecule has 0 fully saturated rings. The molecule has 0 aliphatic heterocycles. The number of hydrogen-bond donors (Lipinski definition) is 1. The molecule has 0 atom stereocenters. The molecule has 1 aromatic carbocycles. The van der Waals surface area contributed by atoms with E-state index in [1.54, 1.807) is 7.11 Å². The van der Waals surface area contributed by atoms with Gasteiger partial charge in [0.2, 0.25) is 0 Å². The first-order valence-corrected chi connectivity index (χ1v) is 5.44. The Bertz CT molecular complexity index is 439. The fraction of sp³-hybridized carbons (Fsp3) is 0.357. The zero-order chi connectivity index (χ0) is 13.1. The number of carboxylic acid groups (broad SMARTS) is 1. The summed E-state index contributed by atoms with van der Waals surface area (Å²) in [4.78, 5) is 10.9. The standard InChI is InChI=1S/C14H18O3/c1-14(2,3)12(9-13(15)16)10-6-5-7-11(8-10)17-4/h5-9H,1-4H3,(H,15,16)/b12-9-. The number of rotatable bonds is 3. The first-order valence-electron chi connectivity index (χ1n) is 5.44. The van der Waals surface area contributed by atoms with E-state index in [9.17, 15) is 4.79 Å². The third kappa shape index (κ3) is 3.63. The third-order valence-corrected chi connectivity index (χ3v) is 2.46. The number of aliphatic carboxylic acids is 1. The molecule has 0 heterocycles. The Morgan fingerprint density at radius 3 is 2.47 bits per heavy atom. The lowest BCUT2D eigenvalue weighted by Crippen LogP contribution is -2.10. The van der Waals surface area contributed by atoms with E-state index in [4.69, 9.17) is 9.84 Å². The van der Waals surface area contributed by atoms with Gasteiger partial charge in [-0.05, 0) is 28.7 Å². The van der Waals surface area contributed by atoms with Crippen LogP contribution in [0.4, 0.5) is 0 Å². The summed E-state index contributed by atoms with van der Waals surface area (Å²) in [7, 11) is 1.59. The van der Waals surface area contributed by atoms with Gasteiger partial charge < -0.3 is 9.84 Å². The molecule has 0 spiro atoms. The van der Waals surface area contributed by atoms with Crippen LogP contribution in [0.1, 0.15) is 26.3 Å². The minimum absolute atomic E-state index is 0.231. The van der Waals surface area contributed by atoms with Crippen LogP contribution in [0.25, 0.3) is 5.57 Å². The molecule has 3 nitrogen and oxygen atoms in total. The molecule has 1 rings (SSSR count). The molecule has 92 valence electrons. The molecule has 0 amide bonds. The zero-order valence-electron chi connectivity index (χ0n) is 10.7. The predicted octanol–water partition coefficient (Wildman–Crippen LogP) is 3.21. The predicted molar refractivity (Wildman–Crippen MR) is 68.1 cm³/mol. The Kier molecular flexibility index (Phi) is 3.94. The van der Waals surface area contributed by atoms with Gasteiger partial charge in [-0.25, -0.2) is 4.79 Å². The van der Waals surface area contributed by atoms with Crippen LogP contribution in [-0.4, -0.2) is 18.2 Å². The van der Waals surface area contributed by atoms with E-state index in [-0.39, 0.29) is 5.41 Å². The van der Waals surface area contributed by atoms with Crippen LogP contribution in [0, 0.1) is 5.41 Å². The Labute approximate surface area is 102 Å². The van der Waals surface area contributed by atoms with Gasteiger partial charge in [0.15, 0.2) is 0 Å². The molecule has 0 unspecified atom stereocenters. The van der Waals surface area contributed by atoms with Crippen LogP contribution in [0.2, 0.25) is 0 Å². The van der Waals surface area contributed by atoms with Gasteiger partial charge in [0.25, 0.3) is 0 Å². The summed E-state index contributed by atoms with van der Waals surface area (Å²) < 4.78 is 5.15. The highest BCUT2D eigenvalue weighted by Crippen LogP contribution is 2.35. The topological polar surface area (TPSA) is 46.5 Å². The highest BCUT2D eigenvalue weighted by Gasteiger charge is 2.20. The van der Waals surface area contributed by atoms with Crippen molar-refractivity contribution in [2.45, 2.75) is 20.8 Å². The fourth-order valence-electron chi connectivity index (χ4n) is 1.65. The molecule has 0 aliphatic carbocycles. The number of carbonyl (C=O) groups is 1. The van der Waals surface area contributed by atoms with Crippen molar-refractivity contribution in [1.82, 2.24) is 0 Å². The quantitative estimate of drug-likeness (QED) is 0.817. The summed E-state index contributed by atoms with van der Waals surface area (Å²) in [5, 5.41) is 8.93. The number of methoxy groups -OCH3 is 1. The van der Waals surface area contributed by atoms with E-state index in [1.165, 1.54) is 6.08 Å². The normalized spacial score (nSPS) is 12.4. The Hall–Kier alpha value is -1.77. The van der Waals surface area contributed by atoms with Crippen LogP contribution in [0.3, 0.4) is 0 Å². The van der Waals surface area contributed by atoms with Crippen LogP contribution in [0.5, 0.6) is 5.75 Å². The molecule has 0 aromatic heterocycles. The Morgan fingerprint density at radius 2 is 2.00 bits per heavy atom. The first-order chi connectivity index (χ1) is 7.84. The maximum Gasteiger partial charge on any atom is 0.328 e. The van der Waals surface area contributed by atoms with Gasteiger partial charge in [-0.3, -0.25) is 0 Å². The van der Waals surface area contributed by atoms with Crippen molar-refractivity contribution in [1.29, 1.82) is 0 Å². The lowest BCUT2D eigenvalue weighted by atomic mass is 9.82. The minimum atomic E-state index is -0.933. The maximum atomic E-state index is 10.9. The monoisotopic (exact) mass is 234 g/mol. The van der Waals surface area contributed by atoms with Gasteiger partial charge in [0, 0.05) is 6.08 Å². The van der Waals surface area contributed by atoms with Crippen molar-refractivity contribution in [3.63, 3.8) is 0 Å². The minimum Gasteiger partial charge on any atom is -0.497 e.